The standard InChI is InChI=1S/C35H38F2N4O2S/c1-6-23-9-8-10-24(7-2)31(23)41-30(17-21(3)4)27(34(42)40-16-15-38-22(5)19-40)18-28(35(41)43)33-39-29(20-44-33)25-11-13-26(14-12-25)32(36)37/h8-14,17-18,20,22,32,38H,6-7,15-16,19H2,1-5H3/t22-/m0/s1. The number of carbonyl (C=O) groups is 1. The molecular weight excluding hydrogens is 578 g/mol. The third-order valence-electron chi connectivity index (χ3n) is 7.93. The third kappa shape index (κ3) is 6.30. The number of alkyl halides is 2. The summed E-state index contributed by atoms with van der Waals surface area (Å²) in [6.45, 7) is 11.9. The number of nitrogens with zero attached hydrogens (tertiary/aromatic N) is 3. The second-order valence-electron chi connectivity index (χ2n) is 11.4. The maximum atomic E-state index is 14.7. The number of benzene rings is 2. The van der Waals surface area contributed by atoms with Gasteiger partial charge in [0.05, 0.1) is 28.2 Å². The van der Waals surface area contributed by atoms with Crippen LogP contribution in [0.1, 0.15) is 73.8 Å². The van der Waals surface area contributed by atoms with Crippen LogP contribution in [0.5, 0.6) is 0 Å². The summed E-state index contributed by atoms with van der Waals surface area (Å²) < 4.78 is 28.0. The molecule has 6 nitrogen and oxygen atoms in total. The number of allylic oxidation sites excluding steroid dienone is 1. The van der Waals surface area contributed by atoms with Crippen molar-refractivity contribution in [1.82, 2.24) is 19.8 Å². The van der Waals surface area contributed by atoms with E-state index in [1.54, 1.807) is 22.8 Å². The molecule has 0 saturated carbocycles. The molecule has 1 N–H and O–H groups in total. The number of carbonyl (C=O) groups excluding carboxylic acids is 1. The zero-order valence-corrected chi connectivity index (χ0v) is 26.6. The van der Waals surface area contributed by atoms with E-state index >= 15 is 0 Å². The van der Waals surface area contributed by atoms with E-state index in [9.17, 15) is 18.4 Å². The summed E-state index contributed by atoms with van der Waals surface area (Å²) in [4.78, 5) is 35.6. The lowest BCUT2D eigenvalue weighted by Gasteiger charge is -2.32. The number of amides is 1. The lowest BCUT2D eigenvalue weighted by Crippen LogP contribution is -2.51. The van der Waals surface area contributed by atoms with Gasteiger partial charge in [0.25, 0.3) is 17.9 Å². The Balaban J connectivity index is 1.78. The highest BCUT2D eigenvalue weighted by atomic mass is 32.1. The molecular formula is C35H38F2N4O2S. The highest BCUT2D eigenvalue weighted by molar-refractivity contribution is 7.13. The molecule has 5 rings (SSSR count). The Kier molecular flexibility index (Phi) is 9.56. The van der Waals surface area contributed by atoms with Crippen LogP contribution in [-0.4, -0.2) is 46.0 Å². The molecule has 0 bridgehead atoms. The summed E-state index contributed by atoms with van der Waals surface area (Å²) in [7, 11) is 0. The minimum atomic E-state index is -2.55. The van der Waals surface area contributed by atoms with Crippen molar-refractivity contribution in [1.29, 1.82) is 0 Å². The van der Waals surface area contributed by atoms with Gasteiger partial charge >= 0.3 is 0 Å². The number of rotatable bonds is 8. The van der Waals surface area contributed by atoms with Crippen LogP contribution in [0.25, 0.3) is 33.6 Å². The van der Waals surface area contributed by atoms with Crippen LogP contribution in [0.4, 0.5) is 8.78 Å². The number of pyridine rings is 1. The molecule has 0 aliphatic carbocycles. The number of halogens is 2. The largest absolute Gasteiger partial charge is 0.336 e. The van der Waals surface area contributed by atoms with Crippen LogP contribution in [0.2, 0.25) is 0 Å². The highest BCUT2D eigenvalue weighted by Gasteiger charge is 2.28. The molecule has 2 aromatic carbocycles. The number of para-hydroxylation sites is 1. The lowest BCUT2D eigenvalue weighted by atomic mass is 9.99. The number of piperazine rings is 1. The zero-order chi connectivity index (χ0) is 31.5. The minimum Gasteiger partial charge on any atom is -0.336 e. The second kappa shape index (κ2) is 13.4. The Morgan fingerprint density at radius 2 is 1.80 bits per heavy atom. The Morgan fingerprint density at radius 1 is 1.11 bits per heavy atom. The fourth-order valence-corrected chi connectivity index (χ4v) is 6.55. The minimum absolute atomic E-state index is 0.0614. The fourth-order valence-electron chi connectivity index (χ4n) is 5.71. The molecule has 0 spiro atoms. The van der Waals surface area contributed by atoms with E-state index in [0.29, 0.717) is 65.6 Å². The van der Waals surface area contributed by atoms with E-state index in [-0.39, 0.29) is 23.1 Å². The van der Waals surface area contributed by atoms with Gasteiger partial charge in [-0.25, -0.2) is 13.8 Å². The van der Waals surface area contributed by atoms with E-state index in [2.05, 4.69) is 26.1 Å². The maximum absolute atomic E-state index is 14.7. The maximum Gasteiger partial charge on any atom is 0.265 e. The van der Waals surface area contributed by atoms with Crippen LogP contribution >= 0.6 is 11.3 Å². The number of hydrogen-bond acceptors (Lipinski definition) is 5. The number of aryl methyl sites for hydroxylation is 2. The van der Waals surface area contributed by atoms with Gasteiger partial charge in [0, 0.05) is 42.2 Å². The van der Waals surface area contributed by atoms with Gasteiger partial charge in [0.1, 0.15) is 5.01 Å². The van der Waals surface area contributed by atoms with Crippen LogP contribution < -0.4 is 10.9 Å². The van der Waals surface area contributed by atoms with Crippen molar-refractivity contribution < 1.29 is 13.6 Å². The van der Waals surface area contributed by atoms with Gasteiger partial charge in [0.15, 0.2) is 0 Å². The van der Waals surface area contributed by atoms with Crippen LogP contribution in [0.3, 0.4) is 0 Å². The molecule has 3 heterocycles. The first kappa shape index (κ1) is 31.5. The van der Waals surface area contributed by atoms with Gasteiger partial charge in [-0.05, 0) is 56.9 Å². The SMILES string of the molecule is CCc1cccc(CC)c1-n1c(C=C(C)C)c(C(=O)N2CCN[C@@H](C)C2)cc(-c2nc(-c3ccc(C(F)F)cc3)cs2)c1=O. The summed E-state index contributed by atoms with van der Waals surface area (Å²) in [5, 5.41) is 5.68. The van der Waals surface area contributed by atoms with Crippen LogP contribution in [0, 0.1) is 0 Å². The van der Waals surface area contributed by atoms with Gasteiger partial charge in [-0.1, -0.05) is 61.9 Å². The first-order chi connectivity index (χ1) is 21.1. The van der Waals surface area contributed by atoms with Crippen molar-refractivity contribution in [2.24, 2.45) is 0 Å². The first-order valence-corrected chi connectivity index (χ1v) is 15.9. The first-order valence-electron chi connectivity index (χ1n) is 15.1. The van der Waals surface area contributed by atoms with E-state index in [1.165, 1.54) is 23.5 Å². The molecule has 0 radical (unpaired) electrons. The molecule has 44 heavy (non-hydrogen) atoms. The molecule has 1 atom stereocenters. The number of hydrogen-bond donors (Lipinski definition) is 1. The van der Waals surface area contributed by atoms with E-state index in [1.807, 2.05) is 48.4 Å². The smallest absolute Gasteiger partial charge is 0.265 e. The van der Waals surface area contributed by atoms with Crippen molar-refractivity contribution >= 4 is 23.3 Å². The van der Waals surface area contributed by atoms with Crippen molar-refractivity contribution in [2.75, 3.05) is 19.6 Å². The Morgan fingerprint density at radius 3 is 2.39 bits per heavy atom. The molecule has 1 fully saturated rings. The zero-order valence-electron chi connectivity index (χ0n) is 25.8. The average Bonchev–Trinajstić information content (AvgIpc) is 3.50. The third-order valence-corrected chi connectivity index (χ3v) is 8.81. The van der Waals surface area contributed by atoms with Crippen LogP contribution in [-0.2, 0) is 12.8 Å². The second-order valence-corrected chi connectivity index (χ2v) is 12.3. The van der Waals surface area contributed by atoms with Gasteiger partial charge in [-0.2, -0.15) is 0 Å². The highest BCUT2D eigenvalue weighted by Crippen LogP contribution is 2.32. The summed E-state index contributed by atoms with van der Waals surface area (Å²) in [6, 6.07) is 13.9. The Labute approximate surface area is 261 Å². The molecule has 1 aliphatic heterocycles. The van der Waals surface area contributed by atoms with Crippen molar-refractivity contribution in [3.63, 3.8) is 0 Å². The lowest BCUT2D eigenvalue weighted by molar-refractivity contribution is 0.0708. The van der Waals surface area contributed by atoms with Crippen molar-refractivity contribution in [3.05, 3.63) is 97.8 Å². The molecule has 1 aliphatic rings. The topological polar surface area (TPSA) is 67.2 Å². The van der Waals surface area contributed by atoms with E-state index < -0.39 is 6.43 Å². The molecule has 2 aromatic heterocycles. The quantitative estimate of drug-likeness (QED) is 0.222. The Bertz CT molecular complexity index is 1730. The monoisotopic (exact) mass is 616 g/mol. The fraction of sp³-hybridized carbons (Fsp3) is 0.343. The summed E-state index contributed by atoms with van der Waals surface area (Å²) in [5.74, 6) is -0.132. The number of thiazole rings is 1. The van der Waals surface area contributed by atoms with Crippen LogP contribution in [0.15, 0.2) is 64.3 Å². The van der Waals surface area contributed by atoms with E-state index in [4.69, 9.17) is 4.98 Å². The van der Waals surface area contributed by atoms with Gasteiger partial charge in [-0.3, -0.25) is 14.2 Å². The molecule has 1 amide bonds. The Hall–Kier alpha value is -3.95. The molecule has 0 unspecified atom stereocenters. The average molecular weight is 617 g/mol. The predicted octanol–water partition coefficient (Wildman–Crippen LogP) is 7.55. The summed E-state index contributed by atoms with van der Waals surface area (Å²) in [5.41, 5.74) is 6.07. The van der Waals surface area contributed by atoms with E-state index in [0.717, 1.165) is 22.4 Å². The molecule has 1 saturated heterocycles. The summed E-state index contributed by atoms with van der Waals surface area (Å²) >= 11 is 1.30. The van der Waals surface area contributed by atoms with Crippen molar-refractivity contribution in [2.45, 2.75) is 59.9 Å². The normalized spacial score (nSPS) is 15.1. The molecule has 230 valence electrons. The number of nitrogens with one attached hydrogen (secondary N) is 1. The number of aromatic nitrogens is 2. The van der Waals surface area contributed by atoms with Gasteiger partial charge < -0.3 is 10.2 Å². The predicted molar refractivity (Wildman–Crippen MR) is 175 cm³/mol. The molecule has 4 aromatic rings. The van der Waals surface area contributed by atoms with Gasteiger partial charge in [-0.15, -0.1) is 11.3 Å². The van der Waals surface area contributed by atoms with Crippen molar-refractivity contribution in [3.8, 4) is 27.5 Å². The molecule has 9 heteroatoms. The van der Waals surface area contributed by atoms with Gasteiger partial charge in [0.2, 0.25) is 0 Å². The summed E-state index contributed by atoms with van der Waals surface area (Å²) in [6.07, 6.45) is 0.792.